The van der Waals surface area contributed by atoms with E-state index in [-0.39, 0.29) is 34.2 Å². The number of rotatable bonds is 4. The summed E-state index contributed by atoms with van der Waals surface area (Å²) in [6, 6.07) is 0. The zero-order valence-corrected chi connectivity index (χ0v) is 22.5. The Balaban J connectivity index is 1.69. The molecule has 4 rings (SSSR count). The predicted molar refractivity (Wildman–Crippen MR) is 135 cm³/mol. The highest BCUT2D eigenvalue weighted by Gasteiger charge is 2.72. The summed E-state index contributed by atoms with van der Waals surface area (Å²) in [4.78, 5) is 12.9. The van der Waals surface area contributed by atoms with E-state index in [1.165, 1.54) is 0 Å². The molecule has 0 bridgehead atoms. The molecule has 0 saturated heterocycles. The van der Waals surface area contributed by atoms with E-state index in [4.69, 9.17) is 0 Å². The van der Waals surface area contributed by atoms with Crippen LogP contribution in [0.1, 0.15) is 100 Å². The minimum atomic E-state index is -0.496. The number of hydrogen-bond donors (Lipinski definition) is 2. The lowest BCUT2D eigenvalue weighted by Gasteiger charge is -2.70. The number of Topliss-reactive ketones (excluding diaryl/α,β-unsaturated/α-hetero) is 1. The van der Waals surface area contributed by atoms with E-state index in [2.05, 4.69) is 67.5 Å². The Hall–Kier alpha value is -0.670. The van der Waals surface area contributed by atoms with Crippen LogP contribution in [0, 0.1) is 57.2 Å². The van der Waals surface area contributed by atoms with E-state index < -0.39 is 11.5 Å². The maximum absolute atomic E-state index is 12.9. The maximum atomic E-state index is 12.9. The standard InChI is InChI=1S/C30H50O3/c1-18(2)10-9-11-19(3)20-12-15-29(7)25(20)21(31)16-23-28(6)14-13-24(33)27(4,5)26(28)22(32)17-30(23,29)8/h9,11,18-23,25-26,31-32H,10,12-17H2,1-8H3/t19-,20-,21+,22?,23-,25-,26?,28-,29+,30-/m1/s1. The van der Waals surface area contributed by atoms with Gasteiger partial charge < -0.3 is 10.2 Å². The summed E-state index contributed by atoms with van der Waals surface area (Å²) in [6.07, 6.45) is 10.4. The summed E-state index contributed by atoms with van der Waals surface area (Å²) >= 11 is 0. The molecule has 4 aliphatic carbocycles. The molecule has 0 aromatic heterocycles. The van der Waals surface area contributed by atoms with Gasteiger partial charge in [-0.2, -0.15) is 0 Å². The Labute approximate surface area is 202 Å². The third-order valence-electron chi connectivity index (χ3n) is 11.8. The highest BCUT2D eigenvalue weighted by Crippen LogP contribution is 2.75. The number of carbonyl (C=O) groups excluding carboxylic acids is 1. The predicted octanol–water partition coefficient (Wildman–Crippen LogP) is 6.42. The molecule has 4 saturated carbocycles. The van der Waals surface area contributed by atoms with Crippen LogP contribution in [0.5, 0.6) is 0 Å². The van der Waals surface area contributed by atoms with Crippen molar-refractivity contribution in [2.75, 3.05) is 0 Å². The molecule has 2 unspecified atom stereocenters. The molecule has 3 nitrogen and oxygen atoms in total. The van der Waals surface area contributed by atoms with Crippen molar-refractivity contribution in [3.05, 3.63) is 12.2 Å². The minimum Gasteiger partial charge on any atom is -0.393 e. The van der Waals surface area contributed by atoms with Gasteiger partial charge in [0.05, 0.1) is 12.2 Å². The molecule has 0 aromatic carbocycles. The topological polar surface area (TPSA) is 57.5 Å². The van der Waals surface area contributed by atoms with Crippen molar-refractivity contribution in [1.82, 2.24) is 0 Å². The van der Waals surface area contributed by atoms with Gasteiger partial charge in [0.15, 0.2) is 0 Å². The van der Waals surface area contributed by atoms with Crippen molar-refractivity contribution >= 4 is 5.78 Å². The van der Waals surface area contributed by atoms with Crippen LogP contribution in [-0.4, -0.2) is 28.2 Å². The molecule has 4 aliphatic rings. The van der Waals surface area contributed by atoms with Crippen LogP contribution < -0.4 is 0 Å². The number of carbonyl (C=O) groups is 1. The third-order valence-corrected chi connectivity index (χ3v) is 11.8. The average Bonchev–Trinajstić information content (AvgIpc) is 3.07. The summed E-state index contributed by atoms with van der Waals surface area (Å²) in [5.41, 5.74) is -0.612. The van der Waals surface area contributed by atoms with Gasteiger partial charge in [0, 0.05) is 17.8 Å². The number of allylic oxidation sites excluding steroid dienone is 2. The summed E-state index contributed by atoms with van der Waals surface area (Å²) in [5.74, 6) is 2.54. The van der Waals surface area contributed by atoms with E-state index in [9.17, 15) is 15.0 Å². The van der Waals surface area contributed by atoms with Gasteiger partial charge in [-0.25, -0.2) is 0 Å². The third kappa shape index (κ3) is 3.53. The molecule has 4 fully saturated rings. The van der Waals surface area contributed by atoms with Crippen molar-refractivity contribution in [3.8, 4) is 0 Å². The average molecular weight is 459 g/mol. The summed E-state index contributed by atoms with van der Waals surface area (Å²) < 4.78 is 0. The van der Waals surface area contributed by atoms with Gasteiger partial charge in [0.2, 0.25) is 0 Å². The first-order valence-electron chi connectivity index (χ1n) is 13.8. The normalized spacial score (nSPS) is 50.2. The van der Waals surface area contributed by atoms with Crippen LogP contribution in [0.3, 0.4) is 0 Å². The minimum absolute atomic E-state index is 0.0146. The van der Waals surface area contributed by atoms with Crippen molar-refractivity contribution in [2.45, 2.75) is 113 Å². The fourth-order valence-corrected chi connectivity index (χ4v) is 10.1. The van der Waals surface area contributed by atoms with Gasteiger partial charge in [-0.15, -0.1) is 0 Å². The maximum Gasteiger partial charge on any atom is 0.138 e. The smallest absolute Gasteiger partial charge is 0.138 e. The Bertz CT molecular complexity index is 798. The molecule has 0 spiro atoms. The number of ketones is 1. The summed E-state index contributed by atoms with van der Waals surface area (Å²) in [6.45, 7) is 18.2. The Morgan fingerprint density at radius 2 is 1.67 bits per heavy atom. The molecule has 0 aromatic rings. The highest BCUT2D eigenvalue weighted by molar-refractivity contribution is 5.85. The number of aliphatic hydroxyl groups excluding tert-OH is 2. The lowest BCUT2D eigenvalue weighted by molar-refractivity contribution is -0.254. The highest BCUT2D eigenvalue weighted by atomic mass is 16.3. The van der Waals surface area contributed by atoms with E-state index in [0.29, 0.717) is 35.9 Å². The molecule has 0 heterocycles. The lowest BCUT2D eigenvalue weighted by atomic mass is 9.34. The van der Waals surface area contributed by atoms with Gasteiger partial charge in [-0.05, 0) is 84.4 Å². The Morgan fingerprint density at radius 1 is 1.00 bits per heavy atom. The number of fused-ring (bicyclic) bond motifs is 5. The monoisotopic (exact) mass is 458 g/mol. The van der Waals surface area contributed by atoms with E-state index >= 15 is 0 Å². The second kappa shape index (κ2) is 8.19. The zero-order chi connectivity index (χ0) is 24.6. The first kappa shape index (κ1) is 25.4. The first-order valence-corrected chi connectivity index (χ1v) is 13.8. The second-order valence-electron chi connectivity index (χ2n) is 14.2. The summed E-state index contributed by atoms with van der Waals surface area (Å²) in [7, 11) is 0. The van der Waals surface area contributed by atoms with Crippen LogP contribution in [-0.2, 0) is 4.79 Å². The number of hydrogen-bond acceptors (Lipinski definition) is 3. The molecule has 3 heteroatoms. The molecular weight excluding hydrogens is 408 g/mol. The van der Waals surface area contributed by atoms with Gasteiger partial charge >= 0.3 is 0 Å². The first-order chi connectivity index (χ1) is 15.2. The molecule has 0 aliphatic heterocycles. The van der Waals surface area contributed by atoms with E-state index in [0.717, 1.165) is 38.5 Å². The molecule has 188 valence electrons. The largest absolute Gasteiger partial charge is 0.393 e. The zero-order valence-electron chi connectivity index (χ0n) is 22.5. The Morgan fingerprint density at radius 3 is 2.30 bits per heavy atom. The molecule has 0 amide bonds. The quantitative estimate of drug-likeness (QED) is 0.478. The molecule has 10 atom stereocenters. The molecular formula is C30H50O3. The van der Waals surface area contributed by atoms with Gasteiger partial charge in [-0.1, -0.05) is 67.5 Å². The van der Waals surface area contributed by atoms with Crippen molar-refractivity contribution in [3.63, 3.8) is 0 Å². The van der Waals surface area contributed by atoms with Gasteiger partial charge in [-0.3, -0.25) is 4.79 Å². The van der Waals surface area contributed by atoms with Crippen LogP contribution in [0.4, 0.5) is 0 Å². The van der Waals surface area contributed by atoms with Crippen molar-refractivity contribution in [2.24, 2.45) is 57.2 Å². The van der Waals surface area contributed by atoms with E-state index in [1.54, 1.807) is 0 Å². The van der Waals surface area contributed by atoms with Crippen LogP contribution in [0.15, 0.2) is 12.2 Å². The Kier molecular flexibility index (Phi) is 6.31. The fourth-order valence-electron chi connectivity index (χ4n) is 10.1. The number of aliphatic hydroxyl groups is 2. The SMILES string of the molecule is CC(C)CC=C[C@@H](C)[C@H]1CC[C@@]2(C)[C@H]1[C@@H](O)C[C@@H]1[C@@]3(C)CCC(=O)C(C)(C)C3C(O)C[C@]12C. The molecule has 33 heavy (non-hydrogen) atoms. The molecule has 2 N–H and O–H groups in total. The van der Waals surface area contributed by atoms with Crippen LogP contribution >= 0.6 is 0 Å². The fraction of sp³-hybridized carbons (Fsp3) is 0.900. The summed E-state index contributed by atoms with van der Waals surface area (Å²) in [5, 5.41) is 23.4. The molecule has 0 radical (unpaired) electrons. The van der Waals surface area contributed by atoms with Crippen molar-refractivity contribution < 1.29 is 15.0 Å². The van der Waals surface area contributed by atoms with Crippen LogP contribution in [0.25, 0.3) is 0 Å². The van der Waals surface area contributed by atoms with E-state index in [1.807, 2.05) is 0 Å². The van der Waals surface area contributed by atoms with Crippen LogP contribution in [0.2, 0.25) is 0 Å². The van der Waals surface area contributed by atoms with Gasteiger partial charge in [0.1, 0.15) is 5.78 Å². The van der Waals surface area contributed by atoms with Gasteiger partial charge in [0.25, 0.3) is 0 Å². The second-order valence-corrected chi connectivity index (χ2v) is 14.2. The van der Waals surface area contributed by atoms with Crippen molar-refractivity contribution in [1.29, 1.82) is 0 Å². The lowest BCUT2D eigenvalue weighted by Crippen LogP contribution is -2.69.